The van der Waals surface area contributed by atoms with Crippen LogP contribution in [0.2, 0.25) is 0 Å². The van der Waals surface area contributed by atoms with Crippen molar-refractivity contribution in [2.75, 3.05) is 26.3 Å². The predicted octanol–water partition coefficient (Wildman–Crippen LogP) is -4.62. The third kappa shape index (κ3) is 1660. The largest absolute Gasteiger partial charge is 2.00 e. The molecular formula is C8H20N2NiO6. The number of nitrogens with two attached hydrogens (primary N) is 2. The van der Waals surface area contributed by atoms with Gasteiger partial charge in [-0.25, -0.2) is 0 Å². The van der Waals surface area contributed by atoms with Crippen LogP contribution in [-0.2, 0) is 26.1 Å². The van der Waals surface area contributed by atoms with Crippen molar-refractivity contribution in [1.29, 1.82) is 0 Å². The number of hydrogen-bond acceptors (Lipinski definition) is 8. The molecule has 0 aliphatic heterocycles. The Kier molecular flexibility index (Phi) is 63.6. The van der Waals surface area contributed by atoms with Gasteiger partial charge in [0.2, 0.25) is 0 Å². The van der Waals surface area contributed by atoms with Crippen LogP contribution in [0, 0.1) is 0 Å². The van der Waals surface area contributed by atoms with Gasteiger partial charge in [0.25, 0.3) is 0 Å². The number of aliphatic hydroxyl groups is 2. The molecule has 108 valence electrons. The average molecular weight is 299 g/mol. The number of aliphatic hydroxyl groups excluding tert-OH is 2. The van der Waals surface area contributed by atoms with E-state index in [9.17, 15) is 0 Å². The van der Waals surface area contributed by atoms with Crippen LogP contribution in [0.15, 0.2) is 0 Å². The van der Waals surface area contributed by atoms with Gasteiger partial charge in [-0.2, -0.15) is 0 Å². The zero-order valence-corrected chi connectivity index (χ0v) is 10.8. The summed E-state index contributed by atoms with van der Waals surface area (Å²) < 4.78 is 0. The van der Waals surface area contributed by atoms with Crippen LogP contribution in [-0.4, -0.2) is 48.5 Å². The normalized spacial score (nSPS) is 6.47. The maximum absolute atomic E-state index is 8.89. The van der Waals surface area contributed by atoms with E-state index in [4.69, 9.17) is 41.5 Å². The van der Waals surface area contributed by atoms with Crippen LogP contribution >= 0.6 is 0 Å². The first-order chi connectivity index (χ1) is 7.29. The predicted molar refractivity (Wildman–Crippen MR) is 53.6 cm³/mol. The molecule has 0 aliphatic rings. The summed E-state index contributed by atoms with van der Waals surface area (Å²) in [5.74, 6) is -2.17. The van der Waals surface area contributed by atoms with E-state index < -0.39 is 11.9 Å². The molecule has 0 aliphatic carbocycles. The van der Waals surface area contributed by atoms with Crippen molar-refractivity contribution in [1.82, 2.24) is 0 Å². The Hall–Kier alpha value is -0.726. The topological polar surface area (TPSA) is 173 Å². The fourth-order valence-electron chi connectivity index (χ4n) is 0. The van der Waals surface area contributed by atoms with Gasteiger partial charge in [-0.3, -0.25) is 0 Å². The van der Waals surface area contributed by atoms with Crippen molar-refractivity contribution in [3.05, 3.63) is 0 Å². The van der Waals surface area contributed by atoms with Crippen molar-refractivity contribution in [2.24, 2.45) is 11.5 Å². The van der Waals surface area contributed by atoms with Crippen LogP contribution in [0.5, 0.6) is 0 Å². The summed E-state index contributed by atoms with van der Waals surface area (Å²) in [7, 11) is 0. The SMILES string of the molecule is CC(=O)[O-].CC(=O)[O-].NCCO.NCCO.[Ni+2]. The molecule has 0 radical (unpaired) electrons. The van der Waals surface area contributed by atoms with E-state index in [0.29, 0.717) is 13.1 Å². The molecule has 6 N–H and O–H groups in total. The van der Waals surface area contributed by atoms with Gasteiger partial charge >= 0.3 is 16.5 Å². The summed E-state index contributed by atoms with van der Waals surface area (Å²) in [6.45, 7) is 2.89. The number of hydrogen-bond donors (Lipinski definition) is 4. The molecule has 0 bridgehead atoms. The standard InChI is InChI=1S/2C2H7NO.2C2H4O2.Ni/c2*3-1-2-4;2*1-2(3)4;/h2*4H,1-3H2;2*1H3,(H,3,4);/q;;;;+2/p-2. The second-order valence-electron chi connectivity index (χ2n) is 2.01. The monoisotopic (exact) mass is 298 g/mol. The van der Waals surface area contributed by atoms with Gasteiger partial charge in [-0.15, -0.1) is 0 Å². The number of aliphatic carboxylic acids is 2. The van der Waals surface area contributed by atoms with E-state index in [2.05, 4.69) is 0 Å². The van der Waals surface area contributed by atoms with Gasteiger partial charge in [0.05, 0.1) is 13.2 Å². The van der Waals surface area contributed by atoms with Crippen LogP contribution in [0.4, 0.5) is 0 Å². The number of carbonyl (C=O) groups is 2. The Morgan fingerprint density at radius 2 is 1.00 bits per heavy atom. The summed E-state index contributed by atoms with van der Waals surface area (Å²) in [5, 5.41) is 33.3. The molecule has 0 aromatic heterocycles. The number of carboxylic acids is 2. The Morgan fingerprint density at radius 3 is 1.00 bits per heavy atom. The smallest absolute Gasteiger partial charge is 0.550 e. The minimum absolute atomic E-state index is 0. The zero-order chi connectivity index (χ0) is 14.0. The van der Waals surface area contributed by atoms with Crippen LogP contribution in [0.25, 0.3) is 0 Å². The molecule has 0 saturated carbocycles. The molecule has 8 nitrogen and oxygen atoms in total. The van der Waals surface area contributed by atoms with E-state index in [1.165, 1.54) is 0 Å². The van der Waals surface area contributed by atoms with Gasteiger partial charge in [-0.1, -0.05) is 0 Å². The van der Waals surface area contributed by atoms with Crippen molar-refractivity contribution in [2.45, 2.75) is 13.8 Å². The van der Waals surface area contributed by atoms with Gasteiger partial charge < -0.3 is 41.5 Å². The second kappa shape index (κ2) is 36.2. The van der Waals surface area contributed by atoms with Crippen LogP contribution in [0.1, 0.15) is 13.8 Å². The zero-order valence-electron chi connectivity index (χ0n) is 9.83. The molecule has 0 amide bonds. The van der Waals surface area contributed by atoms with E-state index in [-0.39, 0.29) is 29.7 Å². The molecule has 17 heavy (non-hydrogen) atoms. The molecule has 0 aromatic rings. The Labute approximate surface area is 111 Å². The molecular weight excluding hydrogens is 279 g/mol. The summed E-state index contributed by atoms with van der Waals surface area (Å²) in [4.78, 5) is 17.8. The Bertz CT molecular complexity index is 120. The average Bonchev–Trinajstić information content (AvgIpc) is 2.16. The van der Waals surface area contributed by atoms with Crippen molar-refractivity contribution >= 4 is 11.9 Å². The van der Waals surface area contributed by atoms with Crippen LogP contribution in [0.3, 0.4) is 0 Å². The van der Waals surface area contributed by atoms with Crippen LogP contribution < -0.4 is 21.7 Å². The summed E-state index contributed by atoms with van der Waals surface area (Å²) in [5.41, 5.74) is 9.56. The number of carboxylic acid groups (broad SMARTS) is 2. The molecule has 0 fully saturated rings. The maximum atomic E-state index is 8.89. The fourth-order valence-corrected chi connectivity index (χ4v) is 0. The number of carbonyl (C=O) groups excluding carboxylic acids is 2. The summed E-state index contributed by atoms with van der Waals surface area (Å²) >= 11 is 0. The third-order valence-electron chi connectivity index (χ3n) is 0.258. The molecule has 0 unspecified atom stereocenters. The third-order valence-corrected chi connectivity index (χ3v) is 0.258. The molecule has 0 spiro atoms. The Morgan fingerprint density at radius 1 is 0.941 bits per heavy atom. The van der Waals surface area contributed by atoms with Crippen molar-refractivity contribution in [3.63, 3.8) is 0 Å². The van der Waals surface area contributed by atoms with E-state index in [0.717, 1.165) is 13.8 Å². The Balaban J connectivity index is -0.0000000369. The quantitative estimate of drug-likeness (QED) is 0.368. The van der Waals surface area contributed by atoms with Gasteiger partial charge in [0.15, 0.2) is 0 Å². The molecule has 0 rings (SSSR count). The fraction of sp³-hybridized carbons (Fsp3) is 0.750. The molecule has 0 saturated heterocycles. The van der Waals surface area contributed by atoms with Gasteiger partial charge in [0.1, 0.15) is 0 Å². The van der Waals surface area contributed by atoms with E-state index in [1.807, 2.05) is 0 Å². The molecule has 0 aromatic carbocycles. The first-order valence-corrected chi connectivity index (χ1v) is 4.27. The van der Waals surface area contributed by atoms with E-state index in [1.54, 1.807) is 0 Å². The van der Waals surface area contributed by atoms with Gasteiger partial charge in [0, 0.05) is 25.0 Å². The minimum Gasteiger partial charge on any atom is -0.550 e. The van der Waals surface area contributed by atoms with Crippen molar-refractivity contribution < 1.29 is 46.5 Å². The maximum Gasteiger partial charge on any atom is 2.00 e. The van der Waals surface area contributed by atoms with Gasteiger partial charge in [-0.05, 0) is 13.8 Å². The molecule has 0 heterocycles. The second-order valence-corrected chi connectivity index (χ2v) is 2.01. The first-order valence-electron chi connectivity index (χ1n) is 4.27. The van der Waals surface area contributed by atoms with Crippen molar-refractivity contribution in [3.8, 4) is 0 Å². The summed E-state index contributed by atoms with van der Waals surface area (Å²) in [6.07, 6.45) is 0. The van der Waals surface area contributed by atoms with E-state index >= 15 is 0 Å². The summed E-state index contributed by atoms with van der Waals surface area (Å²) in [6, 6.07) is 0. The first kappa shape index (κ1) is 29.9. The number of rotatable bonds is 2. The molecule has 9 heteroatoms. The minimum atomic E-state index is -1.08. The molecule has 0 atom stereocenters.